The lowest BCUT2D eigenvalue weighted by Gasteiger charge is -2.37. The molecule has 2 aromatic heterocycles. The van der Waals surface area contributed by atoms with Crippen molar-refractivity contribution in [3.63, 3.8) is 0 Å². The number of likely N-dealkylation sites (N-methyl/N-ethyl adjacent to an activating group) is 1. The van der Waals surface area contributed by atoms with Gasteiger partial charge in [0.25, 0.3) is 5.56 Å². The van der Waals surface area contributed by atoms with Crippen LogP contribution in [0, 0.1) is 12.8 Å². The molecule has 1 saturated carbocycles. The summed E-state index contributed by atoms with van der Waals surface area (Å²) in [6.07, 6.45) is -1.83. The minimum atomic E-state index is -4.52. The van der Waals surface area contributed by atoms with Gasteiger partial charge in [-0.15, -0.1) is 0 Å². The van der Waals surface area contributed by atoms with Crippen molar-refractivity contribution in [2.24, 2.45) is 5.92 Å². The normalized spacial score (nSPS) is 23.1. The Hall–Kier alpha value is -3.11. The molecule has 11 heteroatoms. The molecular formula is C20H23F3N6O2. The number of pyridine rings is 1. The van der Waals surface area contributed by atoms with Gasteiger partial charge in [0.1, 0.15) is 11.7 Å². The smallest absolute Gasteiger partial charge is 0.351 e. The number of nitrogens with one attached hydrogen (secondary N) is 2. The molecule has 0 spiro atoms. The number of nitrogens with zero attached hydrogens (tertiary/aromatic N) is 4. The van der Waals surface area contributed by atoms with Crippen LogP contribution < -0.4 is 21.1 Å². The monoisotopic (exact) mass is 436 g/mol. The van der Waals surface area contributed by atoms with Gasteiger partial charge in [-0.05, 0) is 38.7 Å². The number of hydrogen-bond donors (Lipinski definition) is 2. The molecule has 2 aromatic rings. The van der Waals surface area contributed by atoms with Crippen LogP contribution in [0.3, 0.4) is 0 Å². The number of hydrogen-bond acceptors (Lipinski definition) is 6. The van der Waals surface area contributed by atoms with Gasteiger partial charge in [-0.1, -0.05) is 0 Å². The number of aryl methyl sites for hydroxylation is 1. The third-order valence-electron chi connectivity index (χ3n) is 5.96. The van der Waals surface area contributed by atoms with Crippen molar-refractivity contribution in [3.05, 3.63) is 39.9 Å². The maximum atomic E-state index is 12.7. The number of fused-ring (bicyclic) bond motifs is 1. The first-order valence-electron chi connectivity index (χ1n) is 9.99. The van der Waals surface area contributed by atoms with E-state index in [-0.39, 0.29) is 23.9 Å². The number of carbonyl (C=O) groups is 1. The molecule has 1 aliphatic carbocycles. The van der Waals surface area contributed by atoms with Gasteiger partial charge < -0.3 is 20.1 Å². The van der Waals surface area contributed by atoms with Crippen molar-refractivity contribution in [1.82, 2.24) is 14.5 Å². The van der Waals surface area contributed by atoms with E-state index in [2.05, 4.69) is 20.6 Å². The topological polar surface area (TPSA) is 92.1 Å². The van der Waals surface area contributed by atoms with Gasteiger partial charge in [-0.3, -0.25) is 9.59 Å². The number of halogens is 3. The van der Waals surface area contributed by atoms with Gasteiger partial charge in [-0.2, -0.15) is 18.2 Å². The van der Waals surface area contributed by atoms with E-state index in [0.717, 1.165) is 18.9 Å². The van der Waals surface area contributed by atoms with E-state index in [1.54, 1.807) is 25.8 Å². The summed E-state index contributed by atoms with van der Waals surface area (Å²) in [5.41, 5.74) is -0.326. The van der Waals surface area contributed by atoms with Crippen LogP contribution in [0.5, 0.6) is 0 Å². The molecule has 8 nitrogen and oxygen atoms in total. The van der Waals surface area contributed by atoms with Crippen molar-refractivity contribution in [1.29, 1.82) is 0 Å². The van der Waals surface area contributed by atoms with Crippen LogP contribution in [-0.2, 0) is 17.5 Å². The summed E-state index contributed by atoms with van der Waals surface area (Å²) in [5, 5.41) is 6.11. The van der Waals surface area contributed by atoms with E-state index < -0.39 is 17.3 Å². The summed E-state index contributed by atoms with van der Waals surface area (Å²) in [6, 6.07) is 1.32. The fourth-order valence-electron chi connectivity index (χ4n) is 3.91. The third kappa shape index (κ3) is 4.08. The highest BCUT2D eigenvalue weighted by Gasteiger charge is 2.34. The fraction of sp³-hybridized carbons (Fsp3) is 0.500. The predicted molar refractivity (Wildman–Crippen MR) is 109 cm³/mol. The SMILES string of the molecule is Cc1nc(N[C@H]2C[C@@H](Cn3ccc(C(F)(F)F)cc3=O)C2)nc2c1NC(=O)[C@H](C)N2C. The summed E-state index contributed by atoms with van der Waals surface area (Å²) >= 11 is 0. The Morgan fingerprint density at radius 2 is 1.97 bits per heavy atom. The Kier molecular flexibility index (Phi) is 5.14. The number of carbonyl (C=O) groups excluding carboxylic acids is 1. The van der Waals surface area contributed by atoms with Crippen molar-refractivity contribution >= 4 is 23.4 Å². The molecule has 166 valence electrons. The Balaban J connectivity index is 1.38. The second-order valence-corrected chi connectivity index (χ2v) is 8.19. The summed E-state index contributed by atoms with van der Waals surface area (Å²) in [7, 11) is 1.81. The summed E-state index contributed by atoms with van der Waals surface area (Å²) in [5.74, 6) is 1.17. The van der Waals surface area contributed by atoms with Crippen LogP contribution in [0.15, 0.2) is 23.1 Å². The zero-order valence-electron chi connectivity index (χ0n) is 17.3. The van der Waals surface area contributed by atoms with Crippen LogP contribution in [0.1, 0.15) is 31.0 Å². The minimum Gasteiger partial charge on any atom is -0.351 e. The molecule has 2 aliphatic rings. The molecule has 1 amide bonds. The van der Waals surface area contributed by atoms with Crippen LogP contribution in [0.25, 0.3) is 0 Å². The number of amides is 1. The maximum absolute atomic E-state index is 12.7. The molecule has 3 heterocycles. The van der Waals surface area contributed by atoms with Crippen molar-refractivity contribution in [2.45, 2.75) is 51.5 Å². The quantitative estimate of drug-likeness (QED) is 0.766. The Labute approximate surface area is 176 Å². The van der Waals surface area contributed by atoms with E-state index in [0.29, 0.717) is 35.8 Å². The van der Waals surface area contributed by atoms with E-state index >= 15 is 0 Å². The number of alkyl halides is 3. The second kappa shape index (κ2) is 7.54. The minimum absolute atomic E-state index is 0.105. The zero-order chi connectivity index (χ0) is 22.5. The molecule has 0 unspecified atom stereocenters. The highest BCUT2D eigenvalue weighted by Crippen LogP contribution is 2.35. The fourth-order valence-corrected chi connectivity index (χ4v) is 3.91. The molecule has 31 heavy (non-hydrogen) atoms. The van der Waals surface area contributed by atoms with Gasteiger partial charge in [-0.25, -0.2) is 4.98 Å². The lowest BCUT2D eigenvalue weighted by Crippen LogP contribution is -2.45. The first kappa shape index (κ1) is 21.1. The molecule has 0 saturated heterocycles. The molecule has 1 aliphatic heterocycles. The molecule has 0 radical (unpaired) electrons. The average Bonchev–Trinajstić information content (AvgIpc) is 2.66. The standard InChI is InChI=1S/C20H23F3N6O2/c1-10-16-17(28(3)11(2)18(31)26-16)27-19(24-10)25-14-6-12(7-14)9-29-5-4-13(8-15(29)30)20(21,22)23/h4-5,8,11-12,14H,6-7,9H2,1-3H3,(H,26,31)(H,24,25,27)/t11-,12-,14+/m0/s1. The van der Waals surface area contributed by atoms with Crippen LogP contribution in [0.4, 0.5) is 30.6 Å². The first-order chi connectivity index (χ1) is 14.5. The second-order valence-electron chi connectivity index (χ2n) is 8.19. The largest absolute Gasteiger partial charge is 0.416 e. The van der Waals surface area contributed by atoms with Gasteiger partial charge in [0.15, 0.2) is 5.82 Å². The third-order valence-corrected chi connectivity index (χ3v) is 5.96. The van der Waals surface area contributed by atoms with Gasteiger partial charge in [0.2, 0.25) is 11.9 Å². The molecule has 0 bridgehead atoms. The Morgan fingerprint density at radius 1 is 1.26 bits per heavy atom. The number of anilines is 3. The molecular weight excluding hydrogens is 413 g/mol. The summed E-state index contributed by atoms with van der Waals surface area (Å²) in [4.78, 5) is 34.8. The zero-order valence-corrected chi connectivity index (χ0v) is 17.3. The lowest BCUT2D eigenvalue weighted by atomic mass is 9.80. The molecule has 2 N–H and O–H groups in total. The molecule has 0 aromatic carbocycles. The van der Waals surface area contributed by atoms with E-state index in [9.17, 15) is 22.8 Å². The average molecular weight is 436 g/mol. The predicted octanol–water partition coefficient (Wildman–Crippen LogP) is 2.63. The van der Waals surface area contributed by atoms with Crippen molar-refractivity contribution in [3.8, 4) is 0 Å². The highest BCUT2D eigenvalue weighted by atomic mass is 19.4. The maximum Gasteiger partial charge on any atom is 0.416 e. The van der Waals surface area contributed by atoms with Crippen LogP contribution >= 0.6 is 0 Å². The van der Waals surface area contributed by atoms with E-state index in [1.165, 1.54) is 10.8 Å². The first-order valence-corrected chi connectivity index (χ1v) is 9.99. The lowest BCUT2D eigenvalue weighted by molar-refractivity contribution is -0.137. The van der Waals surface area contributed by atoms with Gasteiger partial charge in [0.05, 0.1) is 11.3 Å². The Morgan fingerprint density at radius 3 is 2.61 bits per heavy atom. The molecule has 4 rings (SSSR count). The van der Waals surface area contributed by atoms with Crippen molar-refractivity contribution < 1.29 is 18.0 Å². The summed E-state index contributed by atoms with van der Waals surface area (Å²) < 4.78 is 39.4. The van der Waals surface area contributed by atoms with E-state index in [1.807, 2.05) is 0 Å². The molecule has 1 atom stereocenters. The summed E-state index contributed by atoms with van der Waals surface area (Å²) in [6.45, 7) is 3.96. The van der Waals surface area contributed by atoms with E-state index in [4.69, 9.17) is 0 Å². The number of rotatable bonds is 4. The van der Waals surface area contributed by atoms with Crippen molar-refractivity contribution in [2.75, 3.05) is 22.6 Å². The van der Waals surface area contributed by atoms with Gasteiger partial charge in [0, 0.05) is 31.9 Å². The molecule has 1 fully saturated rings. The van der Waals surface area contributed by atoms with Crippen LogP contribution in [0.2, 0.25) is 0 Å². The van der Waals surface area contributed by atoms with Gasteiger partial charge >= 0.3 is 6.18 Å². The Bertz CT molecular complexity index is 1080. The number of aromatic nitrogens is 3. The highest BCUT2D eigenvalue weighted by molar-refractivity contribution is 6.03. The van der Waals surface area contributed by atoms with Crippen LogP contribution in [-0.4, -0.2) is 39.6 Å².